The first-order chi connectivity index (χ1) is 12.5. The zero-order valence-corrected chi connectivity index (χ0v) is 15.9. The molecule has 2 aromatic rings. The van der Waals surface area contributed by atoms with Crippen LogP contribution in [0.1, 0.15) is 28.8 Å². The van der Waals surface area contributed by atoms with Crippen molar-refractivity contribution in [2.24, 2.45) is 0 Å². The van der Waals surface area contributed by atoms with Crippen molar-refractivity contribution in [3.05, 3.63) is 52.7 Å². The fourth-order valence-electron chi connectivity index (χ4n) is 3.65. The molecule has 1 aliphatic heterocycles. The van der Waals surface area contributed by atoms with Crippen molar-refractivity contribution in [1.29, 1.82) is 0 Å². The van der Waals surface area contributed by atoms with Gasteiger partial charge in [0.15, 0.2) is 5.82 Å². The second kappa shape index (κ2) is 6.96. The normalized spacial score (nSPS) is 18.1. The van der Waals surface area contributed by atoms with Gasteiger partial charge in [0, 0.05) is 26.2 Å². The van der Waals surface area contributed by atoms with Crippen molar-refractivity contribution in [2.45, 2.75) is 31.9 Å². The zero-order chi connectivity index (χ0) is 18.1. The van der Waals surface area contributed by atoms with Gasteiger partial charge in [-0.3, -0.25) is 0 Å². The minimum absolute atomic E-state index is 0.0614. The van der Waals surface area contributed by atoms with E-state index in [-0.39, 0.29) is 5.75 Å². The van der Waals surface area contributed by atoms with Crippen LogP contribution in [0.5, 0.6) is 0 Å². The van der Waals surface area contributed by atoms with E-state index < -0.39 is 10.0 Å². The van der Waals surface area contributed by atoms with Gasteiger partial charge in [0.1, 0.15) is 0 Å². The Kier molecular flexibility index (Phi) is 4.67. The number of aromatic nitrogens is 2. The maximum Gasteiger partial charge on any atom is 0.218 e. The van der Waals surface area contributed by atoms with Gasteiger partial charge in [-0.2, -0.15) is 9.40 Å². The molecule has 0 radical (unpaired) electrons. The molecule has 1 aromatic heterocycles. The Hall–Kier alpha value is -1.99. The lowest BCUT2D eigenvalue weighted by Gasteiger charge is -2.34. The average Bonchev–Trinajstić information content (AvgIpc) is 3.11. The Morgan fingerprint density at radius 2 is 1.73 bits per heavy atom. The van der Waals surface area contributed by atoms with Crippen molar-refractivity contribution >= 4 is 15.8 Å². The summed E-state index contributed by atoms with van der Waals surface area (Å²) in [6.07, 6.45) is 3.24. The van der Waals surface area contributed by atoms with Crippen LogP contribution < -0.4 is 4.90 Å². The standard InChI is InChI=1S/C19H24N4O2S/c1-15-5-7-16(8-6-15)14-26(24,25)23-11-9-22(10-12-23)19-13-17-3-2-4-18(17)20-21-19/h5-8,13H,2-4,9-12,14H2,1H3. The first kappa shape index (κ1) is 17.4. The van der Waals surface area contributed by atoms with Gasteiger partial charge in [0.2, 0.25) is 10.0 Å². The van der Waals surface area contributed by atoms with E-state index >= 15 is 0 Å². The van der Waals surface area contributed by atoms with Crippen LogP contribution in [0, 0.1) is 6.92 Å². The molecular formula is C19H24N4O2S. The largest absolute Gasteiger partial charge is 0.352 e. The second-order valence-corrected chi connectivity index (χ2v) is 9.12. The molecule has 0 bridgehead atoms. The third kappa shape index (κ3) is 3.59. The molecule has 1 aliphatic carbocycles. The monoisotopic (exact) mass is 372 g/mol. The summed E-state index contributed by atoms with van der Waals surface area (Å²) in [7, 11) is -3.29. The lowest BCUT2D eigenvalue weighted by molar-refractivity contribution is 0.383. The van der Waals surface area contributed by atoms with Gasteiger partial charge in [-0.25, -0.2) is 8.42 Å². The number of hydrogen-bond donors (Lipinski definition) is 0. The van der Waals surface area contributed by atoms with Crippen LogP contribution in [-0.4, -0.2) is 49.1 Å². The molecule has 0 atom stereocenters. The highest BCUT2D eigenvalue weighted by Gasteiger charge is 2.28. The van der Waals surface area contributed by atoms with E-state index in [0.717, 1.165) is 41.9 Å². The van der Waals surface area contributed by atoms with E-state index in [1.165, 1.54) is 5.56 Å². The summed E-state index contributed by atoms with van der Waals surface area (Å²) in [4.78, 5) is 2.14. The molecule has 2 aliphatic rings. The summed E-state index contributed by atoms with van der Waals surface area (Å²) < 4.78 is 27.0. The van der Waals surface area contributed by atoms with Gasteiger partial charge in [-0.05, 0) is 43.4 Å². The highest BCUT2D eigenvalue weighted by atomic mass is 32.2. The molecule has 0 amide bonds. The number of fused-ring (bicyclic) bond motifs is 1. The van der Waals surface area contributed by atoms with Gasteiger partial charge in [0.05, 0.1) is 11.4 Å². The van der Waals surface area contributed by atoms with Crippen LogP contribution in [0.2, 0.25) is 0 Å². The molecule has 138 valence electrons. The first-order valence-corrected chi connectivity index (χ1v) is 10.8. The van der Waals surface area contributed by atoms with Crippen LogP contribution in [0.15, 0.2) is 30.3 Å². The van der Waals surface area contributed by atoms with E-state index in [1.807, 2.05) is 31.2 Å². The number of hydrogen-bond acceptors (Lipinski definition) is 5. The Bertz CT molecular complexity index is 888. The number of nitrogens with zero attached hydrogens (tertiary/aromatic N) is 4. The predicted molar refractivity (Wildman–Crippen MR) is 102 cm³/mol. The SMILES string of the molecule is Cc1ccc(CS(=O)(=O)N2CCN(c3cc4c(nn3)CCC4)CC2)cc1. The Morgan fingerprint density at radius 1 is 1.00 bits per heavy atom. The Morgan fingerprint density at radius 3 is 2.46 bits per heavy atom. The van der Waals surface area contributed by atoms with Crippen LogP contribution >= 0.6 is 0 Å². The third-order valence-electron chi connectivity index (χ3n) is 5.23. The third-order valence-corrected chi connectivity index (χ3v) is 7.08. The van der Waals surface area contributed by atoms with Crippen LogP contribution in [-0.2, 0) is 28.6 Å². The molecule has 4 rings (SSSR count). The summed E-state index contributed by atoms with van der Waals surface area (Å²) in [5, 5.41) is 8.69. The van der Waals surface area contributed by atoms with Crippen molar-refractivity contribution in [3.63, 3.8) is 0 Å². The quantitative estimate of drug-likeness (QED) is 0.820. The lowest BCUT2D eigenvalue weighted by atomic mass is 10.2. The van der Waals surface area contributed by atoms with Gasteiger partial charge in [-0.1, -0.05) is 29.8 Å². The number of piperazine rings is 1. The number of sulfonamides is 1. The van der Waals surface area contributed by atoms with Gasteiger partial charge < -0.3 is 4.90 Å². The topological polar surface area (TPSA) is 66.4 Å². The van der Waals surface area contributed by atoms with Crippen LogP contribution in [0.25, 0.3) is 0 Å². The molecule has 0 spiro atoms. The minimum Gasteiger partial charge on any atom is -0.352 e. The number of benzene rings is 1. The molecule has 0 N–H and O–H groups in total. The van der Waals surface area contributed by atoms with Gasteiger partial charge in [0.25, 0.3) is 0 Å². The maximum atomic E-state index is 12.7. The van der Waals surface area contributed by atoms with Crippen molar-refractivity contribution in [2.75, 3.05) is 31.1 Å². The highest BCUT2D eigenvalue weighted by Crippen LogP contribution is 2.24. The molecule has 1 aromatic carbocycles. The van der Waals surface area contributed by atoms with Crippen molar-refractivity contribution in [3.8, 4) is 0 Å². The van der Waals surface area contributed by atoms with Gasteiger partial charge >= 0.3 is 0 Å². The van der Waals surface area contributed by atoms with E-state index in [4.69, 9.17) is 0 Å². The number of aryl methyl sites for hydroxylation is 3. The Balaban J connectivity index is 1.40. The summed E-state index contributed by atoms with van der Waals surface area (Å²) in [5.74, 6) is 0.938. The molecule has 6 nitrogen and oxygen atoms in total. The highest BCUT2D eigenvalue weighted by molar-refractivity contribution is 7.88. The molecule has 26 heavy (non-hydrogen) atoms. The molecular weight excluding hydrogens is 348 g/mol. The summed E-state index contributed by atoms with van der Waals surface area (Å²) in [6.45, 7) is 4.29. The second-order valence-electron chi connectivity index (χ2n) is 7.16. The average molecular weight is 372 g/mol. The van der Waals surface area contributed by atoms with Crippen molar-refractivity contribution < 1.29 is 8.42 Å². The molecule has 0 saturated carbocycles. The molecule has 1 fully saturated rings. The number of rotatable bonds is 4. The molecule has 0 unspecified atom stereocenters. The fraction of sp³-hybridized carbons (Fsp3) is 0.474. The van der Waals surface area contributed by atoms with E-state index in [2.05, 4.69) is 21.2 Å². The van der Waals surface area contributed by atoms with E-state index in [1.54, 1.807) is 4.31 Å². The number of anilines is 1. The summed E-state index contributed by atoms with van der Waals surface area (Å²) in [6, 6.07) is 9.82. The fourth-order valence-corrected chi connectivity index (χ4v) is 5.17. The predicted octanol–water partition coefficient (Wildman–Crippen LogP) is 1.93. The lowest BCUT2D eigenvalue weighted by Crippen LogP contribution is -2.49. The van der Waals surface area contributed by atoms with E-state index in [9.17, 15) is 8.42 Å². The molecule has 1 saturated heterocycles. The summed E-state index contributed by atoms with van der Waals surface area (Å²) in [5.41, 5.74) is 4.38. The van der Waals surface area contributed by atoms with Crippen molar-refractivity contribution in [1.82, 2.24) is 14.5 Å². The van der Waals surface area contributed by atoms with E-state index in [0.29, 0.717) is 26.2 Å². The van der Waals surface area contributed by atoms with Crippen LogP contribution in [0.4, 0.5) is 5.82 Å². The molecule has 2 heterocycles. The minimum atomic E-state index is -3.29. The van der Waals surface area contributed by atoms with Gasteiger partial charge in [-0.15, -0.1) is 5.10 Å². The molecule has 7 heteroatoms. The smallest absolute Gasteiger partial charge is 0.218 e. The zero-order valence-electron chi connectivity index (χ0n) is 15.1. The summed E-state index contributed by atoms with van der Waals surface area (Å²) >= 11 is 0. The Labute approximate surface area is 154 Å². The maximum absolute atomic E-state index is 12.7. The van der Waals surface area contributed by atoms with Crippen LogP contribution in [0.3, 0.4) is 0 Å². The first-order valence-electron chi connectivity index (χ1n) is 9.15.